The average Bonchev–Trinajstić information content (AvgIpc) is 2.83. The lowest BCUT2D eigenvalue weighted by Crippen LogP contribution is -2.50. The molecule has 2 N–H and O–H groups in total. The first-order valence-corrected chi connectivity index (χ1v) is 6.16. The van der Waals surface area contributed by atoms with E-state index >= 15 is 0 Å². The summed E-state index contributed by atoms with van der Waals surface area (Å²) in [4.78, 5) is 25.3. The van der Waals surface area contributed by atoms with Crippen molar-refractivity contribution in [2.75, 3.05) is 13.7 Å². The van der Waals surface area contributed by atoms with Crippen LogP contribution in [0.5, 0.6) is 0 Å². The highest BCUT2D eigenvalue weighted by Crippen LogP contribution is 2.21. The Hall–Kier alpha value is -1.10. The standard InChI is InChI=1S/C12H22N2O3/c1-4-8(2)10(13)11(15)14-7-5-6-9(14)12(16)17-3/h8-10H,4-7,13H2,1-3H3/t8?,9-,10-/m0/s1. The van der Waals surface area contributed by atoms with E-state index in [0.717, 1.165) is 12.8 Å². The van der Waals surface area contributed by atoms with Crippen molar-refractivity contribution in [2.24, 2.45) is 11.7 Å². The van der Waals surface area contributed by atoms with E-state index in [0.29, 0.717) is 13.0 Å². The van der Waals surface area contributed by atoms with E-state index in [1.165, 1.54) is 7.11 Å². The quantitative estimate of drug-likeness (QED) is 0.730. The Labute approximate surface area is 102 Å². The molecule has 0 aromatic rings. The third-order valence-corrected chi connectivity index (χ3v) is 3.55. The second-order valence-corrected chi connectivity index (χ2v) is 4.62. The number of hydrogen-bond donors (Lipinski definition) is 1. The molecule has 1 aliphatic rings. The summed E-state index contributed by atoms with van der Waals surface area (Å²) >= 11 is 0. The molecule has 5 nitrogen and oxygen atoms in total. The summed E-state index contributed by atoms with van der Waals surface area (Å²) in [5.74, 6) is -0.346. The third-order valence-electron chi connectivity index (χ3n) is 3.55. The zero-order chi connectivity index (χ0) is 13.0. The van der Waals surface area contributed by atoms with E-state index in [2.05, 4.69) is 0 Å². The number of methoxy groups -OCH3 is 1. The molecule has 98 valence electrons. The summed E-state index contributed by atoms with van der Waals surface area (Å²) in [6, 6.07) is -0.965. The average molecular weight is 242 g/mol. The molecule has 3 atom stereocenters. The number of nitrogens with zero attached hydrogens (tertiary/aromatic N) is 1. The predicted molar refractivity (Wildman–Crippen MR) is 64.2 cm³/mol. The van der Waals surface area contributed by atoms with Crippen LogP contribution >= 0.6 is 0 Å². The Morgan fingerprint density at radius 1 is 1.53 bits per heavy atom. The number of nitrogens with two attached hydrogens (primary N) is 1. The van der Waals surface area contributed by atoms with Crippen LogP contribution in [-0.4, -0.2) is 42.5 Å². The molecule has 1 saturated heterocycles. The molecule has 1 heterocycles. The zero-order valence-corrected chi connectivity index (χ0v) is 10.8. The van der Waals surface area contributed by atoms with Gasteiger partial charge in [-0.25, -0.2) is 4.79 Å². The second kappa shape index (κ2) is 6.00. The molecule has 0 aromatic heterocycles. The molecule has 1 unspecified atom stereocenters. The van der Waals surface area contributed by atoms with E-state index in [1.54, 1.807) is 4.90 Å². The molecule has 1 rings (SSSR count). The van der Waals surface area contributed by atoms with Crippen molar-refractivity contribution >= 4 is 11.9 Å². The topological polar surface area (TPSA) is 72.6 Å². The lowest BCUT2D eigenvalue weighted by atomic mass is 9.98. The van der Waals surface area contributed by atoms with Gasteiger partial charge in [0.05, 0.1) is 13.2 Å². The van der Waals surface area contributed by atoms with Crippen LogP contribution in [0, 0.1) is 5.92 Å². The van der Waals surface area contributed by atoms with Crippen LogP contribution in [0.25, 0.3) is 0 Å². The van der Waals surface area contributed by atoms with E-state index in [9.17, 15) is 9.59 Å². The van der Waals surface area contributed by atoms with Gasteiger partial charge in [-0.1, -0.05) is 20.3 Å². The Morgan fingerprint density at radius 2 is 2.18 bits per heavy atom. The Bertz CT molecular complexity index is 293. The molecule has 1 amide bonds. The van der Waals surface area contributed by atoms with Crippen LogP contribution in [0.15, 0.2) is 0 Å². The van der Waals surface area contributed by atoms with Gasteiger partial charge in [0.2, 0.25) is 5.91 Å². The maximum atomic E-state index is 12.2. The number of carbonyl (C=O) groups is 2. The van der Waals surface area contributed by atoms with E-state index in [-0.39, 0.29) is 17.8 Å². The molecule has 0 radical (unpaired) electrons. The normalized spacial score (nSPS) is 23.3. The highest BCUT2D eigenvalue weighted by atomic mass is 16.5. The van der Waals surface area contributed by atoms with E-state index < -0.39 is 12.1 Å². The van der Waals surface area contributed by atoms with Crippen molar-refractivity contribution in [3.8, 4) is 0 Å². The van der Waals surface area contributed by atoms with Crippen LogP contribution in [0.3, 0.4) is 0 Å². The van der Waals surface area contributed by atoms with Crippen molar-refractivity contribution in [3.05, 3.63) is 0 Å². The minimum Gasteiger partial charge on any atom is -0.467 e. The van der Waals surface area contributed by atoms with Crippen LogP contribution < -0.4 is 5.73 Å². The Balaban J connectivity index is 2.71. The first-order valence-electron chi connectivity index (χ1n) is 6.16. The number of amides is 1. The van der Waals surface area contributed by atoms with Gasteiger partial charge in [-0.3, -0.25) is 4.79 Å². The Kier molecular flexibility index (Phi) is 4.93. The molecule has 0 aliphatic carbocycles. The molecule has 1 fully saturated rings. The molecule has 0 aromatic carbocycles. The first-order chi connectivity index (χ1) is 8.02. The van der Waals surface area contributed by atoms with Crippen molar-refractivity contribution in [2.45, 2.75) is 45.2 Å². The maximum Gasteiger partial charge on any atom is 0.328 e. The van der Waals surface area contributed by atoms with Gasteiger partial charge in [0.1, 0.15) is 6.04 Å². The summed E-state index contributed by atoms with van der Waals surface area (Å²) in [7, 11) is 1.35. The summed E-state index contributed by atoms with van der Waals surface area (Å²) in [6.07, 6.45) is 2.36. The number of carbonyl (C=O) groups excluding carboxylic acids is 2. The number of rotatable bonds is 4. The predicted octanol–water partition coefficient (Wildman–Crippen LogP) is 0.524. The van der Waals surface area contributed by atoms with Gasteiger partial charge in [-0.15, -0.1) is 0 Å². The number of esters is 1. The van der Waals surface area contributed by atoms with Gasteiger partial charge >= 0.3 is 5.97 Å². The van der Waals surface area contributed by atoms with Crippen LogP contribution in [-0.2, 0) is 14.3 Å². The monoisotopic (exact) mass is 242 g/mol. The molecule has 0 saturated carbocycles. The fraction of sp³-hybridized carbons (Fsp3) is 0.833. The fourth-order valence-electron chi connectivity index (χ4n) is 2.10. The number of ether oxygens (including phenoxy) is 1. The molecule has 0 bridgehead atoms. The van der Waals surface area contributed by atoms with Gasteiger partial charge in [-0.05, 0) is 18.8 Å². The largest absolute Gasteiger partial charge is 0.467 e. The summed E-state index contributed by atoms with van der Waals surface area (Å²) in [6.45, 7) is 4.55. The summed E-state index contributed by atoms with van der Waals surface area (Å²) < 4.78 is 4.71. The molecule has 1 aliphatic heterocycles. The van der Waals surface area contributed by atoms with Crippen LogP contribution in [0.1, 0.15) is 33.1 Å². The highest BCUT2D eigenvalue weighted by Gasteiger charge is 2.37. The zero-order valence-electron chi connectivity index (χ0n) is 10.8. The van der Waals surface area contributed by atoms with Crippen molar-refractivity contribution in [1.29, 1.82) is 0 Å². The van der Waals surface area contributed by atoms with Gasteiger partial charge in [0.25, 0.3) is 0 Å². The lowest BCUT2D eigenvalue weighted by molar-refractivity contribution is -0.151. The van der Waals surface area contributed by atoms with E-state index in [1.807, 2.05) is 13.8 Å². The minimum absolute atomic E-state index is 0.126. The number of hydrogen-bond acceptors (Lipinski definition) is 4. The summed E-state index contributed by atoms with van der Waals surface area (Å²) in [5, 5.41) is 0. The highest BCUT2D eigenvalue weighted by molar-refractivity contribution is 5.88. The molecular formula is C12H22N2O3. The Morgan fingerprint density at radius 3 is 2.71 bits per heavy atom. The smallest absolute Gasteiger partial charge is 0.328 e. The molecular weight excluding hydrogens is 220 g/mol. The van der Waals surface area contributed by atoms with Crippen molar-refractivity contribution in [1.82, 2.24) is 4.90 Å². The number of likely N-dealkylation sites (tertiary alicyclic amines) is 1. The van der Waals surface area contributed by atoms with Gasteiger partial charge in [0.15, 0.2) is 0 Å². The fourth-order valence-corrected chi connectivity index (χ4v) is 2.10. The van der Waals surface area contributed by atoms with Gasteiger partial charge in [-0.2, -0.15) is 0 Å². The van der Waals surface area contributed by atoms with Gasteiger partial charge in [0, 0.05) is 6.54 Å². The lowest BCUT2D eigenvalue weighted by Gasteiger charge is -2.27. The van der Waals surface area contributed by atoms with Crippen LogP contribution in [0.2, 0.25) is 0 Å². The third kappa shape index (κ3) is 2.97. The van der Waals surface area contributed by atoms with Crippen molar-refractivity contribution in [3.63, 3.8) is 0 Å². The summed E-state index contributed by atoms with van der Waals surface area (Å²) in [5.41, 5.74) is 5.91. The first kappa shape index (κ1) is 14.0. The van der Waals surface area contributed by atoms with Gasteiger partial charge < -0.3 is 15.4 Å². The molecule has 5 heteroatoms. The molecule has 0 spiro atoms. The minimum atomic E-state index is -0.523. The molecule has 17 heavy (non-hydrogen) atoms. The SMILES string of the molecule is CCC(C)[C@H](N)C(=O)N1CCC[C@H]1C(=O)OC. The van der Waals surface area contributed by atoms with Crippen LogP contribution in [0.4, 0.5) is 0 Å². The van der Waals surface area contributed by atoms with Crippen molar-refractivity contribution < 1.29 is 14.3 Å². The maximum absolute atomic E-state index is 12.2. The second-order valence-electron chi connectivity index (χ2n) is 4.62. The van der Waals surface area contributed by atoms with E-state index in [4.69, 9.17) is 10.5 Å².